The number of rotatable bonds is 6. The van der Waals surface area contributed by atoms with E-state index in [-0.39, 0.29) is 31.4 Å². The minimum atomic E-state index is -0.782. The average Bonchev–Trinajstić information content (AvgIpc) is 3.00. The summed E-state index contributed by atoms with van der Waals surface area (Å²) in [7, 11) is 0. The number of amides is 5. The topological polar surface area (TPSA) is 99.3 Å². The van der Waals surface area contributed by atoms with Gasteiger partial charge in [0.05, 0.1) is 13.2 Å². The zero-order chi connectivity index (χ0) is 21.7. The zero-order valence-corrected chi connectivity index (χ0v) is 16.8. The quantitative estimate of drug-likeness (QED) is 0.700. The summed E-state index contributed by atoms with van der Waals surface area (Å²) in [4.78, 5) is 53.1. The summed E-state index contributed by atoms with van der Waals surface area (Å²) in [6.45, 7) is 3.59. The predicted molar refractivity (Wildman–Crippen MR) is 104 cm³/mol. The average molecular weight is 420 g/mol. The number of carbonyl (C=O) groups is 4. The highest BCUT2D eigenvalue weighted by Gasteiger charge is 2.38. The van der Waals surface area contributed by atoms with E-state index < -0.39 is 23.8 Å². The molecule has 2 aliphatic rings. The van der Waals surface area contributed by atoms with Crippen molar-refractivity contribution in [2.45, 2.75) is 32.4 Å². The summed E-state index contributed by atoms with van der Waals surface area (Å²) in [6.07, 6.45) is -0.104. The van der Waals surface area contributed by atoms with E-state index in [4.69, 9.17) is 4.74 Å². The molecule has 1 unspecified atom stereocenters. The zero-order valence-electron chi connectivity index (χ0n) is 16.8. The van der Waals surface area contributed by atoms with Gasteiger partial charge in [0.25, 0.3) is 5.91 Å². The Hall–Kier alpha value is -3.17. The van der Waals surface area contributed by atoms with Crippen molar-refractivity contribution in [1.29, 1.82) is 0 Å². The number of piperazine rings is 1. The first-order valence-corrected chi connectivity index (χ1v) is 9.95. The van der Waals surface area contributed by atoms with Gasteiger partial charge in [0.15, 0.2) is 0 Å². The Morgan fingerprint density at radius 3 is 2.53 bits per heavy atom. The fourth-order valence-electron chi connectivity index (χ4n) is 3.52. The van der Waals surface area contributed by atoms with Crippen molar-refractivity contribution in [1.82, 2.24) is 20.0 Å². The summed E-state index contributed by atoms with van der Waals surface area (Å²) < 4.78 is 18.3. The van der Waals surface area contributed by atoms with Gasteiger partial charge in [-0.1, -0.05) is 12.1 Å². The number of imide groups is 1. The van der Waals surface area contributed by atoms with Crippen LogP contribution in [0.5, 0.6) is 0 Å². The SMILES string of the molecule is CCOC(=O)N1CCN(C(=O)CCC2NC(=O)N(Cc3cccc(F)c3)C2=O)CC1. The molecule has 1 N–H and O–H groups in total. The molecule has 0 spiro atoms. The highest BCUT2D eigenvalue weighted by Crippen LogP contribution is 2.17. The first kappa shape index (κ1) is 21.5. The van der Waals surface area contributed by atoms with Gasteiger partial charge in [-0.3, -0.25) is 14.5 Å². The van der Waals surface area contributed by atoms with Crippen LogP contribution in [0.15, 0.2) is 24.3 Å². The lowest BCUT2D eigenvalue weighted by Crippen LogP contribution is -2.50. The van der Waals surface area contributed by atoms with E-state index in [9.17, 15) is 23.6 Å². The summed E-state index contributed by atoms with van der Waals surface area (Å²) >= 11 is 0. The fraction of sp³-hybridized carbons (Fsp3) is 0.500. The number of nitrogens with one attached hydrogen (secondary N) is 1. The second-order valence-electron chi connectivity index (χ2n) is 7.16. The molecule has 10 heteroatoms. The van der Waals surface area contributed by atoms with E-state index in [2.05, 4.69) is 5.32 Å². The van der Waals surface area contributed by atoms with Crippen LogP contribution in [0, 0.1) is 5.82 Å². The normalized spacial score (nSPS) is 19.1. The molecule has 0 saturated carbocycles. The molecule has 9 nitrogen and oxygen atoms in total. The number of hydrogen-bond donors (Lipinski definition) is 1. The van der Waals surface area contributed by atoms with Crippen LogP contribution in [-0.4, -0.2) is 77.5 Å². The third kappa shape index (κ3) is 5.05. The summed E-state index contributed by atoms with van der Waals surface area (Å²) in [5, 5.41) is 2.59. The largest absolute Gasteiger partial charge is 0.450 e. The summed E-state index contributed by atoms with van der Waals surface area (Å²) in [5.74, 6) is -1.00. The Kier molecular flexibility index (Phi) is 6.86. The Labute approximate surface area is 173 Å². The summed E-state index contributed by atoms with van der Waals surface area (Å²) in [6, 6.07) is 4.38. The minimum absolute atomic E-state index is 0.0251. The number of nitrogens with zero attached hydrogens (tertiary/aromatic N) is 3. The Morgan fingerprint density at radius 1 is 1.17 bits per heavy atom. The molecule has 1 aromatic rings. The lowest BCUT2D eigenvalue weighted by Gasteiger charge is -2.34. The van der Waals surface area contributed by atoms with Crippen LogP contribution in [0.3, 0.4) is 0 Å². The van der Waals surface area contributed by atoms with Gasteiger partial charge >= 0.3 is 12.1 Å². The Bertz CT molecular complexity index is 825. The van der Waals surface area contributed by atoms with E-state index in [1.165, 1.54) is 18.2 Å². The molecule has 2 saturated heterocycles. The molecule has 0 aliphatic carbocycles. The predicted octanol–water partition coefficient (Wildman–Crippen LogP) is 1.33. The molecule has 1 atom stereocenters. The third-order valence-corrected chi connectivity index (χ3v) is 5.14. The number of hydrogen-bond acceptors (Lipinski definition) is 5. The van der Waals surface area contributed by atoms with Crippen LogP contribution in [0.2, 0.25) is 0 Å². The highest BCUT2D eigenvalue weighted by atomic mass is 19.1. The van der Waals surface area contributed by atoms with Gasteiger partial charge in [-0.15, -0.1) is 0 Å². The molecule has 30 heavy (non-hydrogen) atoms. The second-order valence-corrected chi connectivity index (χ2v) is 7.16. The maximum atomic E-state index is 13.3. The van der Waals surface area contributed by atoms with E-state index in [0.29, 0.717) is 38.3 Å². The van der Waals surface area contributed by atoms with Crippen LogP contribution in [0.25, 0.3) is 0 Å². The molecule has 0 bridgehead atoms. The standard InChI is InChI=1S/C20H25FN4O5/c1-2-30-20(29)24-10-8-23(9-11-24)17(26)7-6-16-18(27)25(19(28)22-16)13-14-4-3-5-15(21)12-14/h3-5,12,16H,2,6-11,13H2,1H3,(H,22,28). The first-order chi connectivity index (χ1) is 14.4. The number of urea groups is 1. The van der Waals surface area contributed by atoms with Crippen LogP contribution < -0.4 is 5.32 Å². The van der Waals surface area contributed by atoms with Gasteiger partial charge in [-0.2, -0.15) is 0 Å². The molecular formula is C20H25FN4O5. The van der Waals surface area contributed by atoms with Crippen LogP contribution in [-0.2, 0) is 20.9 Å². The molecule has 162 valence electrons. The molecule has 0 radical (unpaired) electrons. The van der Waals surface area contributed by atoms with Crippen molar-refractivity contribution >= 4 is 23.9 Å². The lowest BCUT2D eigenvalue weighted by molar-refractivity contribution is -0.133. The molecule has 1 aromatic carbocycles. The van der Waals surface area contributed by atoms with Gasteiger partial charge in [0.1, 0.15) is 11.9 Å². The lowest BCUT2D eigenvalue weighted by atomic mass is 10.1. The van der Waals surface area contributed by atoms with Gasteiger partial charge in [-0.05, 0) is 31.0 Å². The second kappa shape index (κ2) is 9.55. The molecule has 5 amide bonds. The maximum Gasteiger partial charge on any atom is 0.409 e. The van der Waals surface area contributed by atoms with Crippen molar-refractivity contribution < 1.29 is 28.3 Å². The van der Waals surface area contributed by atoms with Gasteiger partial charge in [0, 0.05) is 32.6 Å². The number of halogens is 1. The fourth-order valence-corrected chi connectivity index (χ4v) is 3.52. The van der Waals surface area contributed by atoms with Gasteiger partial charge in [0.2, 0.25) is 5.91 Å². The molecule has 2 fully saturated rings. The third-order valence-electron chi connectivity index (χ3n) is 5.14. The molecule has 3 rings (SSSR count). The van der Waals surface area contributed by atoms with E-state index in [1.54, 1.807) is 22.8 Å². The molecule has 0 aromatic heterocycles. The van der Waals surface area contributed by atoms with E-state index >= 15 is 0 Å². The Morgan fingerprint density at radius 2 is 1.87 bits per heavy atom. The maximum absolute atomic E-state index is 13.3. The monoisotopic (exact) mass is 420 g/mol. The van der Waals surface area contributed by atoms with E-state index in [0.717, 1.165) is 4.90 Å². The molecular weight excluding hydrogens is 395 g/mol. The van der Waals surface area contributed by atoms with Crippen molar-refractivity contribution in [3.05, 3.63) is 35.6 Å². The first-order valence-electron chi connectivity index (χ1n) is 9.95. The number of ether oxygens (including phenoxy) is 1. The van der Waals surface area contributed by atoms with Crippen molar-refractivity contribution in [2.75, 3.05) is 32.8 Å². The minimum Gasteiger partial charge on any atom is -0.450 e. The smallest absolute Gasteiger partial charge is 0.409 e. The molecule has 2 aliphatic heterocycles. The summed E-state index contributed by atoms with van der Waals surface area (Å²) in [5.41, 5.74) is 0.509. The van der Waals surface area contributed by atoms with Gasteiger partial charge in [-0.25, -0.2) is 14.0 Å². The van der Waals surface area contributed by atoms with Crippen molar-refractivity contribution in [3.8, 4) is 0 Å². The van der Waals surface area contributed by atoms with E-state index in [1.807, 2.05) is 0 Å². The molecule has 2 heterocycles. The van der Waals surface area contributed by atoms with Crippen LogP contribution in [0.1, 0.15) is 25.3 Å². The highest BCUT2D eigenvalue weighted by molar-refractivity contribution is 6.04. The van der Waals surface area contributed by atoms with Crippen LogP contribution in [0.4, 0.5) is 14.0 Å². The Balaban J connectivity index is 1.47. The van der Waals surface area contributed by atoms with Crippen molar-refractivity contribution in [2.24, 2.45) is 0 Å². The number of benzene rings is 1. The van der Waals surface area contributed by atoms with Crippen molar-refractivity contribution in [3.63, 3.8) is 0 Å². The van der Waals surface area contributed by atoms with Crippen LogP contribution >= 0.6 is 0 Å². The number of carbonyl (C=O) groups excluding carboxylic acids is 4. The van der Waals surface area contributed by atoms with Gasteiger partial charge < -0.3 is 19.9 Å².